The van der Waals surface area contributed by atoms with Gasteiger partial charge < -0.3 is 15.3 Å². The summed E-state index contributed by atoms with van der Waals surface area (Å²) in [6, 6.07) is 0. The molecule has 0 amide bonds. The van der Waals surface area contributed by atoms with Gasteiger partial charge in [0.05, 0.1) is 17.8 Å². The molecule has 3 aliphatic rings. The predicted molar refractivity (Wildman–Crippen MR) is 124 cm³/mol. The molecule has 3 nitrogen and oxygen atoms in total. The fraction of sp³-hybridized carbons (Fsp3) is 0.778. The lowest BCUT2D eigenvalue weighted by atomic mass is 9.60. The lowest BCUT2D eigenvalue weighted by Crippen LogP contribution is -2.36. The zero-order chi connectivity index (χ0) is 22.1. The topological polar surface area (TPSA) is 60.7 Å². The van der Waals surface area contributed by atoms with Crippen LogP contribution in [-0.4, -0.2) is 33.1 Å². The van der Waals surface area contributed by atoms with Crippen LogP contribution in [0.2, 0.25) is 0 Å². The summed E-state index contributed by atoms with van der Waals surface area (Å²) in [4.78, 5) is 0. The molecule has 170 valence electrons. The highest BCUT2D eigenvalue weighted by molar-refractivity contribution is 5.29. The summed E-state index contributed by atoms with van der Waals surface area (Å²) in [7, 11) is 0. The van der Waals surface area contributed by atoms with Gasteiger partial charge in [-0.2, -0.15) is 0 Å². The lowest BCUT2D eigenvalue weighted by molar-refractivity contribution is 0.0596. The van der Waals surface area contributed by atoms with Crippen molar-refractivity contribution in [2.75, 3.05) is 0 Å². The van der Waals surface area contributed by atoms with Crippen LogP contribution in [0.3, 0.4) is 0 Å². The minimum Gasteiger partial charge on any atom is -0.390 e. The van der Waals surface area contributed by atoms with Crippen molar-refractivity contribution in [1.82, 2.24) is 0 Å². The maximum absolute atomic E-state index is 10.1. The molecule has 3 saturated carbocycles. The second kappa shape index (κ2) is 9.30. The predicted octanol–water partition coefficient (Wildman–Crippen LogP) is 5.70. The number of aliphatic hydroxyl groups is 3. The van der Waals surface area contributed by atoms with Crippen LogP contribution in [0.5, 0.6) is 0 Å². The van der Waals surface area contributed by atoms with Crippen LogP contribution >= 0.6 is 0 Å². The number of hydrogen-bond donors (Lipinski definition) is 3. The molecule has 0 bridgehead atoms. The first-order valence-electron chi connectivity index (χ1n) is 12.2. The standard InChI is InChI=1S/C27H44O3/c1-18(8-6-14-26(3,4)30)22-12-13-23-21(9-7-15-27(22,23)5)11-10-20-16-24(28)19(2)25(29)17-20/h10-11,18,22-25,28-30H,2,6-9,12-17H2,1,3-5H3/b21-11+/t18-,22+,23?,24+,25+,27+/m0/s1. The summed E-state index contributed by atoms with van der Waals surface area (Å²) in [5, 5.41) is 30.3. The second-order valence-electron chi connectivity index (χ2n) is 11.4. The zero-order valence-electron chi connectivity index (χ0n) is 19.7. The Kier molecular flexibility index (Phi) is 7.37. The minimum atomic E-state index is -0.615. The van der Waals surface area contributed by atoms with Gasteiger partial charge in [0.25, 0.3) is 0 Å². The highest BCUT2D eigenvalue weighted by Crippen LogP contribution is 2.60. The molecule has 0 spiro atoms. The van der Waals surface area contributed by atoms with Gasteiger partial charge in [-0.15, -0.1) is 0 Å². The van der Waals surface area contributed by atoms with Gasteiger partial charge in [-0.1, -0.05) is 56.6 Å². The Morgan fingerprint density at radius 1 is 1.17 bits per heavy atom. The third-order valence-electron chi connectivity index (χ3n) is 8.47. The Bertz CT molecular complexity index is 667. The SMILES string of the molecule is C=C1[C@H](O)CC(=C/C=C2\CCC[C@@]3(C)C2CC[C@@H]3[C@@H](C)CCCC(C)(C)O)C[C@H]1O. The monoisotopic (exact) mass is 416 g/mol. The average Bonchev–Trinajstić information content (AvgIpc) is 3.00. The fourth-order valence-corrected chi connectivity index (χ4v) is 6.70. The van der Waals surface area contributed by atoms with Crippen molar-refractivity contribution < 1.29 is 15.3 Å². The van der Waals surface area contributed by atoms with Crippen molar-refractivity contribution >= 4 is 0 Å². The van der Waals surface area contributed by atoms with E-state index in [9.17, 15) is 15.3 Å². The number of allylic oxidation sites excluding steroid dienone is 3. The van der Waals surface area contributed by atoms with Crippen molar-refractivity contribution in [3.05, 3.63) is 35.5 Å². The van der Waals surface area contributed by atoms with Gasteiger partial charge in [-0.05, 0) is 94.0 Å². The molecule has 0 aromatic rings. The van der Waals surface area contributed by atoms with E-state index in [-0.39, 0.29) is 0 Å². The first-order valence-corrected chi connectivity index (χ1v) is 12.2. The molecule has 3 N–H and O–H groups in total. The Morgan fingerprint density at radius 3 is 2.47 bits per heavy atom. The molecule has 1 unspecified atom stereocenters. The van der Waals surface area contributed by atoms with Crippen LogP contribution in [0, 0.1) is 23.2 Å². The first kappa shape index (κ1) is 23.8. The third kappa shape index (κ3) is 5.29. The van der Waals surface area contributed by atoms with Gasteiger partial charge in [-0.3, -0.25) is 0 Å². The van der Waals surface area contributed by atoms with Crippen LogP contribution < -0.4 is 0 Å². The maximum Gasteiger partial charge on any atom is 0.0809 e. The molecule has 3 aliphatic carbocycles. The largest absolute Gasteiger partial charge is 0.390 e. The van der Waals surface area contributed by atoms with Crippen LogP contribution in [-0.2, 0) is 0 Å². The molecule has 0 aromatic heterocycles. The number of hydrogen-bond acceptors (Lipinski definition) is 3. The van der Waals surface area contributed by atoms with Crippen molar-refractivity contribution in [2.24, 2.45) is 23.2 Å². The molecule has 3 heteroatoms. The highest BCUT2D eigenvalue weighted by Gasteiger charge is 2.50. The summed E-state index contributed by atoms with van der Waals surface area (Å²) in [5.74, 6) is 2.13. The van der Waals surface area contributed by atoms with E-state index in [0.717, 1.165) is 24.3 Å². The molecular weight excluding hydrogens is 372 g/mol. The van der Waals surface area contributed by atoms with Crippen molar-refractivity contribution in [2.45, 2.75) is 110 Å². The molecule has 0 radical (unpaired) electrons. The average molecular weight is 417 g/mol. The van der Waals surface area contributed by atoms with Gasteiger partial charge in [0.15, 0.2) is 0 Å². The van der Waals surface area contributed by atoms with Crippen LogP contribution in [0.15, 0.2) is 35.5 Å². The van der Waals surface area contributed by atoms with Gasteiger partial charge >= 0.3 is 0 Å². The van der Waals surface area contributed by atoms with Crippen molar-refractivity contribution in [1.29, 1.82) is 0 Å². The van der Waals surface area contributed by atoms with E-state index in [2.05, 4.69) is 32.6 Å². The van der Waals surface area contributed by atoms with E-state index in [0.29, 0.717) is 35.7 Å². The molecule has 3 rings (SSSR count). The summed E-state index contributed by atoms with van der Waals surface area (Å²) < 4.78 is 0. The summed E-state index contributed by atoms with van der Waals surface area (Å²) in [6.07, 6.45) is 14.0. The Labute approximate surface area is 184 Å². The van der Waals surface area contributed by atoms with E-state index in [1.165, 1.54) is 38.5 Å². The molecule has 0 heterocycles. The van der Waals surface area contributed by atoms with Crippen LogP contribution in [0.1, 0.15) is 91.9 Å². The third-order valence-corrected chi connectivity index (χ3v) is 8.47. The summed E-state index contributed by atoms with van der Waals surface area (Å²) in [6.45, 7) is 12.6. The summed E-state index contributed by atoms with van der Waals surface area (Å²) >= 11 is 0. The van der Waals surface area contributed by atoms with E-state index in [4.69, 9.17) is 0 Å². The van der Waals surface area contributed by atoms with Gasteiger partial charge in [0.1, 0.15) is 0 Å². The molecular formula is C27H44O3. The number of rotatable bonds is 6. The zero-order valence-corrected chi connectivity index (χ0v) is 19.7. The van der Waals surface area contributed by atoms with E-state index < -0.39 is 17.8 Å². The van der Waals surface area contributed by atoms with Crippen molar-refractivity contribution in [3.8, 4) is 0 Å². The Balaban J connectivity index is 1.67. The van der Waals surface area contributed by atoms with E-state index >= 15 is 0 Å². The molecule has 0 aromatic carbocycles. The fourth-order valence-electron chi connectivity index (χ4n) is 6.70. The van der Waals surface area contributed by atoms with Crippen molar-refractivity contribution in [3.63, 3.8) is 0 Å². The Morgan fingerprint density at radius 2 is 1.83 bits per heavy atom. The lowest BCUT2D eigenvalue weighted by Gasteiger charge is -2.44. The smallest absolute Gasteiger partial charge is 0.0809 e. The molecule has 0 aliphatic heterocycles. The van der Waals surface area contributed by atoms with Crippen LogP contribution in [0.25, 0.3) is 0 Å². The van der Waals surface area contributed by atoms with Gasteiger partial charge in [0.2, 0.25) is 0 Å². The van der Waals surface area contributed by atoms with Gasteiger partial charge in [0, 0.05) is 0 Å². The quantitative estimate of drug-likeness (QED) is 0.486. The first-order chi connectivity index (χ1) is 14.0. The normalized spacial score (nSPS) is 37.4. The second-order valence-corrected chi connectivity index (χ2v) is 11.4. The van der Waals surface area contributed by atoms with E-state index in [1.54, 1.807) is 5.57 Å². The summed E-state index contributed by atoms with van der Waals surface area (Å²) in [5.41, 5.74) is 3.11. The van der Waals surface area contributed by atoms with Gasteiger partial charge in [-0.25, -0.2) is 0 Å². The highest BCUT2D eigenvalue weighted by atomic mass is 16.3. The van der Waals surface area contributed by atoms with E-state index in [1.807, 2.05) is 13.8 Å². The minimum absolute atomic E-state index is 0.386. The number of aliphatic hydroxyl groups excluding tert-OH is 2. The maximum atomic E-state index is 10.1. The molecule has 30 heavy (non-hydrogen) atoms. The number of fused-ring (bicyclic) bond motifs is 1. The molecule has 3 fully saturated rings. The Hall–Kier alpha value is -0.900. The van der Waals surface area contributed by atoms with Crippen LogP contribution in [0.4, 0.5) is 0 Å². The molecule has 6 atom stereocenters. The molecule has 0 saturated heterocycles.